The molecule has 94 valence electrons. The highest BCUT2D eigenvalue weighted by Crippen LogP contribution is 2.30. The van der Waals surface area contributed by atoms with E-state index < -0.39 is 0 Å². The number of anilines is 2. The third-order valence-corrected chi connectivity index (χ3v) is 3.08. The predicted molar refractivity (Wildman–Crippen MR) is 69.6 cm³/mol. The minimum atomic E-state index is 0.278. The number of nitrogens with zero attached hydrogens (tertiary/aromatic N) is 5. The molecule has 0 radical (unpaired) electrons. The van der Waals surface area contributed by atoms with Crippen molar-refractivity contribution in [1.82, 2.24) is 19.7 Å². The van der Waals surface area contributed by atoms with Crippen molar-refractivity contribution >= 4 is 11.8 Å². The number of hydrogen-bond donors (Lipinski definition) is 1. The largest absolute Gasteiger partial charge is 0.368 e. The van der Waals surface area contributed by atoms with E-state index in [4.69, 9.17) is 5.73 Å². The lowest BCUT2D eigenvalue weighted by Crippen LogP contribution is -2.22. The molecule has 0 aliphatic heterocycles. The lowest BCUT2D eigenvalue weighted by molar-refractivity contribution is 0.771. The van der Waals surface area contributed by atoms with Crippen molar-refractivity contribution in [3.63, 3.8) is 0 Å². The highest BCUT2D eigenvalue weighted by molar-refractivity contribution is 5.47. The molecule has 6 nitrogen and oxygen atoms in total. The van der Waals surface area contributed by atoms with Gasteiger partial charge in [-0.3, -0.25) is 0 Å². The fourth-order valence-electron chi connectivity index (χ4n) is 1.94. The molecule has 1 aliphatic carbocycles. The molecule has 18 heavy (non-hydrogen) atoms. The Bertz CT molecular complexity index is 532. The van der Waals surface area contributed by atoms with Crippen LogP contribution in [0.4, 0.5) is 11.8 Å². The molecule has 1 fully saturated rings. The van der Waals surface area contributed by atoms with Gasteiger partial charge in [0.25, 0.3) is 0 Å². The summed E-state index contributed by atoms with van der Waals surface area (Å²) in [5, 5.41) is 4.15. The van der Waals surface area contributed by atoms with Gasteiger partial charge in [0.05, 0.1) is 0 Å². The number of hydrogen-bond acceptors (Lipinski definition) is 5. The van der Waals surface area contributed by atoms with Crippen LogP contribution in [0.5, 0.6) is 0 Å². The summed E-state index contributed by atoms with van der Waals surface area (Å²) < 4.78 is 1.69. The highest BCUT2D eigenvalue weighted by Gasteiger charge is 2.23. The molecule has 2 aromatic heterocycles. The van der Waals surface area contributed by atoms with Crippen LogP contribution in [0.1, 0.15) is 12.8 Å². The van der Waals surface area contributed by atoms with Crippen LogP contribution in [-0.4, -0.2) is 33.3 Å². The summed E-state index contributed by atoms with van der Waals surface area (Å²) >= 11 is 0. The lowest BCUT2D eigenvalue weighted by atomic mass is 10.4. The number of nitrogens with two attached hydrogens (primary N) is 1. The summed E-state index contributed by atoms with van der Waals surface area (Å²) in [4.78, 5) is 10.6. The maximum atomic E-state index is 5.76. The topological polar surface area (TPSA) is 72.9 Å². The molecule has 0 atom stereocenters. The summed E-state index contributed by atoms with van der Waals surface area (Å²) in [6.45, 7) is 1.02. The fraction of sp³-hybridized carbons (Fsp3) is 0.417. The molecule has 0 unspecified atom stereocenters. The second-order valence-corrected chi connectivity index (χ2v) is 4.72. The highest BCUT2D eigenvalue weighted by atomic mass is 15.3. The molecule has 2 N–H and O–H groups in total. The lowest BCUT2D eigenvalue weighted by Gasteiger charge is -2.18. The molecule has 2 aromatic rings. The van der Waals surface area contributed by atoms with Gasteiger partial charge in [-0.1, -0.05) is 0 Å². The monoisotopic (exact) mass is 244 g/mol. The maximum absolute atomic E-state index is 5.76. The van der Waals surface area contributed by atoms with Crippen molar-refractivity contribution in [1.29, 1.82) is 0 Å². The molecule has 3 rings (SSSR count). The van der Waals surface area contributed by atoms with Crippen molar-refractivity contribution in [3.05, 3.63) is 24.5 Å². The number of nitrogen functional groups attached to an aromatic ring is 1. The Morgan fingerprint density at radius 3 is 2.94 bits per heavy atom. The molecular formula is C12H16N6. The van der Waals surface area contributed by atoms with Gasteiger partial charge in [0.15, 0.2) is 5.82 Å². The van der Waals surface area contributed by atoms with Gasteiger partial charge >= 0.3 is 0 Å². The molecule has 2 heterocycles. The second kappa shape index (κ2) is 4.29. The van der Waals surface area contributed by atoms with Gasteiger partial charge in [-0.25, -0.2) is 4.68 Å². The Morgan fingerprint density at radius 2 is 2.28 bits per heavy atom. The smallest absolute Gasteiger partial charge is 0.224 e. The van der Waals surface area contributed by atoms with Gasteiger partial charge in [-0.05, 0) is 24.8 Å². The van der Waals surface area contributed by atoms with Crippen LogP contribution in [0, 0.1) is 5.92 Å². The normalized spacial score (nSPS) is 14.7. The summed E-state index contributed by atoms with van der Waals surface area (Å²) in [5.41, 5.74) is 5.76. The zero-order valence-corrected chi connectivity index (χ0v) is 10.3. The van der Waals surface area contributed by atoms with E-state index in [0.717, 1.165) is 18.3 Å². The minimum absolute atomic E-state index is 0.278. The standard InChI is InChI=1S/C12H16N6/c1-17(8-9-3-4-9)10-7-11(16-12(13)15-10)18-6-2-5-14-18/h2,5-7,9H,3-4,8H2,1H3,(H2,13,15,16). The molecule has 0 aromatic carbocycles. The Labute approximate surface area is 105 Å². The van der Waals surface area contributed by atoms with E-state index in [1.807, 2.05) is 25.4 Å². The van der Waals surface area contributed by atoms with Crippen molar-refractivity contribution in [2.45, 2.75) is 12.8 Å². The van der Waals surface area contributed by atoms with Crippen LogP contribution in [0.2, 0.25) is 0 Å². The predicted octanol–water partition coefficient (Wildman–Crippen LogP) is 1.09. The van der Waals surface area contributed by atoms with Crippen molar-refractivity contribution in [3.8, 4) is 5.82 Å². The van der Waals surface area contributed by atoms with Gasteiger partial charge in [0, 0.05) is 32.1 Å². The van der Waals surface area contributed by atoms with Gasteiger partial charge in [0.2, 0.25) is 5.95 Å². The molecule has 1 saturated carbocycles. The number of aromatic nitrogens is 4. The quantitative estimate of drug-likeness (QED) is 0.871. The first-order chi connectivity index (χ1) is 8.72. The van der Waals surface area contributed by atoms with Crippen LogP contribution in [0.15, 0.2) is 24.5 Å². The van der Waals surface area contributed by atoms with Gasteiger partial charge < -0.3 is 10.6 Å². The average Bonchev–Trinajstić information content (AvgIpc) is 2.99. The van der Waals surface area contributed by atoms with E-state index in [9.17, 15) is 0 Å². The van der Waals surface area contributed by atoms with Crippen LogP contribution >= 0.6 is 0 Å². The van der Waals surface area contributed by atoms with Crippen LogP contribution in [-0.2, 0) is 0 Å². The molecule has 1 aliphatic rings. The van der Waals surface area contributed by atoms with E-state index in [1.165, 1.54) is 12.8 Å². The Hall–Kier alpha value is -2.11. The minimum Gasteiger partial charge on any atom is -0.368 e. The van der Waals surface area contributed by atoms with Gasteiger partial charge in [-0.2, -0.15) is 15.1 Å². The summed E-state index contributed by atoms with van der Waals surface area (Å²) in [5.74, 6) is 2.63. The molecule has 0 spiro atoms. The van der Waals surface area contributed by atoms with Crippen molar-refractivity contribution in [2.75, 3.05) is 24.2 Å². The molecule has 6 heteroatoms. The van der Waals surface area contributed by atoms with Crippen molar-refractivity contribution < 1.29 is 0 Å². The fourth-order valence-corrected chi connectivity index (χ4v) is 1.94. The van der Waals surface area contributed by atoms with E-state index in [2.05, 4.69) is 20.0 Å². The molecular weight excluding hydrogens is 228 g/mol. The Kier molecular flexibility index (Phi) is 2.62. The first-order valence-electron chi connectivity index (χ1n) is 6.08. The van der Waals surface area contributed by atoms with E-state index >= 15 is 0 Å². The third-order valence-electron chi connectivity index (χ3n) is 3.08. The van der Waals surface area contributed by atoms with E-state index in [-0.39, 0.29) is 5.95 Å². The Morgan fingerprint density at radius 1 is 1.44 bits per heavy atom. The molecule has 0 bridgehead atoms. The SMILES string of the molecule is CN(CC1CC1)c1cc(-n2cccn2)nc(N)n1. The summed E-state index contributed by atoms with van der Waals surface area (Å²) in [6, 6.07) is 3.76. The maximum Gasteiger partial charge on any atom is 0.224 e. The third kappa shape index (κ3) is 2.27. The van der Waals surface area contributed by atoms with Crippen molar-refractivity contribution in [2.24, 2.45) is 5.92 Å². The molecule has 0 saturated heterocycles. The first-order valence-corrected chi connectivity index (χ1v) is 6.08. The first kappa shape index (κ1) is 11.0. The van der Waals surface area contributed by atoms with Crippen LogP contribution in [0.3, 0.4) is 0 Å². The summed E-state index contributed by atoms with van der Waals surface area (Å²) in [6.07, 6.45) is 6.19. The number of rotatable bonds is 4. The van der Waals surface area contributed by atoms with Crippen LogP contribution in [0.25, 0.3) is 5.82 Å². The zero-order valence-electron chi connectivity index (χ0n) is 10.3. The summed E-state index contributed by atoms with van der Waals surface area (Å²) in [7, 11) is 2.03. The van der Waals surface area contributed by atoms with Gasteiger partial charge in [-0.15, -0.1) is 0 Å². The molecule has 0 amide bonds. The zero-order chi connectivity index (χ0) is 12.5. The van der Waals surface area contributed by atoms with E-state index in [0.29, 0.717) is 5.82 Å². The van der Waals surface area contributed by atoms with Crippen LogP contribution < -0.4 is 10.6 Å². The van der Waals surface area contributed by atoms with E-state index in [1.54, 1.807) is 10.9 Å². The average molecular weight is 244 g/mol. The Balaban J connectivity index is 1.89. The van der Waals surface area contributed by atoms with Gasteiger partial charge in [0.1, 0.15) is 5.82 Å². The second-order valence-electron chi connectivity index (χ2n) is 4.72.